The Bertz CT molecular complexity index is 1590. The van der Waals surface area contributed by atoms with Crippen molar-refractivity contribution in [2.45, 2.75) is 46.6 Å². The van der Waals surface area contributed by atoms with Gasteiger partial charge >= 0.3 is 6.03 Å². The number of nitrogens with zero attached hydrogens (tertiary/aromatic N) is 2. The van der Waals surface area contributed by atoms with Crippen LogP contribution < -0.4 is 21.5 Å². The van der Waals surface area contributed by atoms with E-state index in [4.69, 9.17) is 0 Å². The lowest BCUT2D eigenvalue weighted by Crippen LogP contribution is -2.24. The van der Waals surface area contributed by atoms with Gasteiger partial charge in [0.05, 0.1) is 22.8 Å². The number of amides is 2. The van der Waals surface area contributed by atoms with Crippen LogP contribution in [0.3, 0.4) is 0 Å². The van der Waals surface area contributed by atoms with Gasteiger partial charge in [-0.2, -0.15) is 0 Å². The fourth-order valence-corrected chi connectivity index (χ4v) is 5.72. The molecule has 4 rings (SSSR count). The van der Waals surface area contributed by atoms with Crippen LogP contribution in [0.15, 0.2) is 40.6 Å². The molecular weight excluding hydrogens is 505 g/mol. The predicted molar refractivity (Wildman–Crippen MR) is 153 cm³/mol. The van der Waals surface area contributed by atoms with E-state index in [0.29, 0.717) is 38.4 Å². The first-order valence-electron chi connectivity index (χ1n) is 12.2. The molecule has 0 unspecified atom stereocenters. The number of benzene rings is 1. The summed E-state index contributed by atoms with van der Waals surface area (Å²) in [4.78, 5) is 30.7. The molecular formula is C28H32FN5O3S. The van der Waals surface area contributed by atoms with E-state index in [9.17, 15) is 19.1 Å². The molecule has 8 nitrogen and oxygen atoms in total. The first kappa shape index (κ1) is 27.3. The number of carbonyl (C=O) groups is 1. The number of hydrogen-bond acceptors (Lipinski definition) is 6. The molecule has 0 bridgehead atoms. The largest absolute Gasteiger partial charge is 0.395 e. The maximum absolute atomic E-state index is 14.9. The summed E-state index contributed by atoms with van der Waals surface area (Å²) in [6.45, 7) is 9.81. The van der Waals surface area contributed by atoms with Crippen LogP contribution in [0.5, 0.6) is 0 Å². The Labute approximate surface area is 224 Å². The zero-order valence-electron chi connectivity index (χ0n) is 22.3. The third-order valence-corrected chi connectivity index (χ3v) is 7.48. The number of aliphatic hydroxyl groups is 1. The molecule has 4 N–H and O–H groups in total. The lowest BCUT2D eigenvalue weighted by atomic mass is 9.87. The number of halogens is 1. The maximum Gasteiger partial charge on any atom is 0.324 e. The molecule has 0 aliphatic carbocycles. The number of aryl methyl sites for hydroxylation is 1. The van der Waals surface area contributed by atoms with Crippen molar-refractivity contribution in [3.63, 3.8) is 0 Å². The SMILES string of the molecule is CNc1cc2c(cn1)cc(-c1cc(NC(=O)Nc3scc(C(C)(C)C)c3C)c(F)cc1C)c(=O)n2CCO. The number of rotatable bonds is 6. The van der Waals surface area contributed by atoms with Gasteiger partial charge in [0.1, 0.15) is 11.6 Å². The van der Waals surface area contributed by atoms with E-state index in [-0.39, 0.29) is 29.8 Å². The van der Waals surface area contributed by atoms with E-state index in [0.717, 1.165) is 11.1 Å². The molecule has 4 aromatic rings. The number of aromatic nitrogens is 2. The second kappa shape index (κ2) is 10.5. The maximum atomic E-state index is 14.9. The molecule has 2 amide bonds. The minimum Gasteiger partial charge on any atom is -0.395 e. The molecule has 3 aromatic heterocycles. The Kier molecular flexibility index (Phi) is 7.57. The summed E-state index contributed by atoms with van der Waals surface area (Å²) in [5.74, 6) is -0.0288. The first-order chi connectivity index (χ1) is 17.9. The van der Waals surface area contributed by atoms with Gasteiger partial charge in [-0.3, -0.25) is 10.1 Å². The molecule has 0 saturated carbocycles. The highest BCUT2D eigenvalue weighted by atomic mass is 32.1. The number of thiophene rings is 1. The summed E-state index contributed by atoms with van der Waals surface area (Å²) in [6, 6.07) is 5.62. The third-order valence-electron chi connectivity index (χ3n) is 6.48. The molecule has 0 spiro atoms. The fraction of sp³-hybridized carbons (Fsp3) is 0.321. The molecule has 10 heteroatoms. The number of aliphatic hydroxyl groups excluding tert-OH is 1. The van der Waals surface area contributed by atoms with Gasteiger partial charge in [-0.15, -0.1) is 11.3 Å². The van der Waals surface area contributed by atoms with Crippen molar-refractivity contribution in [3.8, 4) is 11.1 Å². The van der Waals surface area contributed by atoms with Gasteiger partial charge < -0.3 is 20.3 Å². The van der Waals surface area contributed by atoms with Gasteiger partial charge in [0.2, 0.25) is 0 Å². The van der Waals surface area contributed by atoms with Crippen LogP contribution in [0.4, 0.5) is 25.7 Å². The Morgan fingerprint density at radius 1 is 1.13 bits per heavy atom. The van der Waals surface area contributed by atoms with Gasteiger partial charge in [0.15, 0.2) is 0 Å². The van der Waals surface area contributed by atoms with Crippen LogP contribution in [-0.2, 0) is 12.0 Å². The Balaban J connectivity index is 1.72. The normalized spacial score (nSPS) is 11.6. The van der Waals surface area contributed by atoms with E-state index in [1.165, 1.54) is 28.0 Å². The van der Waals surface area contributed by atoms with Crippen molar-refractivity contribution in [1.29, 1.82) is 0 Å². The zero-order chi connectivity index (χ0) is 27.8. The van der Waals surface area contributed by atoms with E-state index in [2.05, 4.69) is 41.7 Å². The van der Waals surface area contributed by atoms with Crippen LogP contribution in [0.25, 0.3) is 22.0 Å². The molecule has 3 heterocycles. The molecule has 0 aliphatic rings. The highest BCUT2D eigenvalue weighted by molar-refractivity contribution is 7.14. The average Bonchev–Trinajstić information content (AvgIpc) is 3.22. The minimum absolute atomic E-state index is 0.0507. The number of pyridine rings is 2. The smallest absolute Gasteiger partial charge is 0.324 e. The summed E-state index contributed by atoms with van der Waals surface area (Å²) >= 11 is 1.42. The molecule has 0 radical (unpaired) electrons. The number of nitrogens with one attached hydrogen (secondary N) is 3. The second-order valence-electron chi connectivity index (χ2n) is 10.2. The van der Waals surface area contributed by atoms with E-state index < -0.39 is 11.8 Å². The quantitative estimate of drug-likeness (QED) is 0.247. The van der Waals surface area contributed by atoms with E-state index in [1.54, 1.807) is 32.3 Å². The standard InChI is InChI=1S/C28H32FN5O3S/c1-15-9-21(29)22(32-27(37)33-25-16(2)20(14-38-25)28(3,4)5)11-18(15)19-10-17-13-31-24(30-6)12-23(17)34(7-8-35)26(19)36/h9-14,35H,7-8H2,1-6H3,(H,30,31)(H2,32,33,37). The van der Waals surface area contributed by atoms with Gasteiger partial charge in [0.25, 0.3) is 5.56 Å². The first-order valence-corrected chi connectivity index (χ1v) is 13.1. The number of carbonyl (C=O) groups excluding carboxylic acids is 1. The van der Waals surface area contributed by atoms with E-state index in [1.807, 2.05) is 12.3 Å². The minimum atomic E-state index is -0.614. The summed E-state index contributed by atoms with van der Waals surface area (Å²) in [5, 5.41) is 21.4. The molecule has 38 heavy (non-hydrogen) atoms. The number of fused-ring (bicyclic) bond motifs is 1. The highest BCUT2D eigenvalue weighted by Gasteiger charge is 2.21. The Hall–Kier alpha value is -3.76. The third kappa shape index (κ3) is 5.27. The predicted octanol–water partition coefficient (Wildman–Crippen LogP) is 5.86. The molecule has 0 fully saturated rings. The average molecular weight is 538 g/mol. The van der Waals surface area contributed by atoms with Crippen LogP contribution >= 0.6 is 11.3 Å². The van der Waals surface area contributed by atoms with Crippen molar-refractivity contribution in [2.24, 2.45) is 0 Å². The lowest BCUT2D eigenvalue weighted by molar-refractivity contribution is 0.262. The number of hydrogen-bond donors (Lipinski definition) is 4. The Morgan fingerprint density at radius 3 is 2.50 bits per heavy atom. The van der Waals surface area contributed by atoms with Crippen LogP contribution in [0.2, 0.25) is 0 Å². The van der Waals surface area contributed by atoms with Gasteiger partial charge in [0, 0.05) is 36.8 Å². The van der Waals surface area contributed by atoms with Crippen LogP contribution in [0, 0.1) is 19.7 Å². The monoisotopic (exact) mass is 537 g/mol. The second-order valence-corrected chi connectivity index (χ2v) is 11.1. The molecule has 0 atom stereocenters. The van der Waals surface area contributed by atoms with Gasteiger partial charge in [-0.05, 0) is 65.1 Å². The summed E-state index contributed by atoms with van der Waals surface area (Å²) in [7, 11) is 1.73. The summed E-state index contributed by atoms with van der Waals surface area (Å²) < 4.78 is 16.4. The molecule has 0 saturated heterocycles. The summed E-state index contributed by atoms with van der Waals surface area (Å²) in [6.07, 6.45) is 1.64. The number of anilines is 3. The fourth-order valence-electron chi connectivity index (χ4n) is 4.52. The van der Waals surface area contributed by atoms with Crippen molar-refractivity contribution in [3.05, 3.63) is 68.7 Å². The van der Waals surface area contributed by atoms with Crippen molar-refractivity contribution in [2.75, 3.05) is 29.6 Å². The van der Waals surface area contributed by atoms with Crippen molar-refractivity contribution >= 4 is 44.8 Å². The van der Waals surface area contributed by atoms with Crippen LogP contribution in [0.1, 0.15) is 37.5 Å². The van der Waals surface area contributed by atoms with Crippen LogP contribution in [-0.4, -0.2) is 34.3 Å². The lowest BCUT2D eigenvalue weighted by Gasteiger charge is -2.18. The van der Waals surface area contributed by atoms with E-state index >= 15 is 0 Å². The zero-order valence-corrected chi connectivity index (χ0v) is 23.1. The van der Waals surface area contributed by atoms with Crippen molar-refractivity contribution in [1.82, 2.24) is 9.55 Å². The topological polar surface area (TPSA) is 108 Å². The summed E-state index contributed by atoms with van der Waals surface area (Å²) in [5.41, 5.74) is 3.58. The molecule has 200 valence electrons. The van der Waals surface area contributed by atoms with Gasteiger partial charge in [-0.25, -0.2) is 14.2 Å². The molecule has 0 aliphatic heterocycles. The highest BCUT2D eigenvalue weighted by Crippen LogP contribution is 2.35. The molecule has 1 aromatic carbocycles. The van der Waals surface area contributed by atoms with Crippen molar-refractivity contribution < 1.29 is 14.3 Å². The number of urea groups is 1. The Morgan fingerprint density at radius 2 is 1.87 bits per heavy atom. The van der Waals surface area contributed by atoms with Gasteiger partial charge in [-0.1, -0.05) is 20.8 Å².